The highest BCUT2D eigenvalue weighted by Gasteiger charge is 2.26. The fraction of sp³-hybridized carbons (Fsp3) is 0.214. The molecular weight excluding hydrogens is 466 g/mol. The summed E-state index contributed by atoms with van der Waals surface area (Å²) >= 11 is 0. The van der Waals surface area contributed by atoms with Crippen molar-refractivity contribution in [3.05, 3.63) is 79.8 Å². The van der Waals surface area contributed by atoms with Crippen LogP contribution in [0.1, 0.15) is 31.7 Å². The Balaban J connectivity index is 1.28. The Kier molecular flexibility index (Phi) is 6.02. The van der Waals surface area contributed by atoms with Crippen LogP contribution in [-0.2, 0) is 4.79 Å². The molecule has 0 unspecified atom stereocenters. The Morgan fingerprint density at radius 2 is 1.78 bits per heavy atom. The van der Waals surface area contributed by atoms with Crippen molar-refractivity contribution in [2.24, 2.45) is 0 Å². The second-order valence-corrected chi connectivity index (χ2v) is 9.20. The molecule has 5 aromatic rings. The minimum atomic E-state index is -0.124. The first-order valence-electron chi connectivity index (χ1n) is 12.4. The highest BCUT2D eigenvalue weighted by molar-refractivity contribution is 6.09. The standard InChI is InChI=1S/C28H27N7O2/c1-2-24(36)32-18-8-12-20(13-9-18)35-28-25-23(16-29-27(25)30-17-31-28)26(34-35)33-19-10-14-22(15-11-19)37-21-6-4-3-5-7-21/h2-7,10-11,14-18,20H,1,8-9,12-13H2,(H,32,36)(H,33,34)(H,29,30,31). The third kappa shape index (κ3) is 4.63. The molecule has 0 bridgehead atoms. The molecule has 0 saturated heterocycles. The average molecular weight is 494 g/mol. The molecule has 0 aliphatic heterocycles. The number of hydrogen-bond donors (Lipinski definition) is 3. The van der Waals surface area contributed by atoms with Gasteiger partial charge in [-0.3, -0.25) is 4.79 Å². The second-order valence-electron chi connectivity index (χ2n) is 9.20. The van der Waals surface area contributed by atoms with Gasteiger partial charge in [-0.15, -0.1) is 0 Å². The van der Waals surface area contributed by atoms with Crippen LogP contribution in [0, 0.1) is 0 Å². The van der Waals surface area contributed by atoms with Crippen molar-refractivity contribution in [1.29, 1.82) is 0 Å². The van der Waals surface area contributed by atoms with Crippen LogP contribution in [0.25, 0.3) is 22.1 Å². The van der Waals surface area contributed by atoms with E-state index in [0.29, 0.717) is 0 Å². The zero-order chi connectivity index (χ0) is 25.2. The van der Waals surface area contributed by atoms with Gasteiger partial charge in [0.1, 0.15) is 17.1 Å². The van der Waals surface area contributed by atoms with Gasteiger partial charge in [0.05, 0.1) is 23.1 Å². The number of anilines is 2. The highest BCUT2D eigenvalue weighted by Crippen LogP contribution is 2.35. The van der Waals surface area contributed by atoms with Gasteiger partial charge in [0.25, 0.3) is 0 Å². The van der Waals surface area contributed by atoms with Crippen LogP contribution in [-0.4, -0.2) is 36.7 Å². The van der Waals surface area contributed by atoms with Crippen molar-refractivity contribution in [3.63, 3.8) is 0 Å². The van der Waals surface area contributed by atoms with E-state index in [1.807, 2.05) is 65.5 Å². The molecule has 37 heavy (non-hydrogen) atoms. The summed E-state index contributed by atoms with van der Waals surface area (Å²) in [4.78, 5) is 24.1. The van der Waals surface area contributed by atoms with Gasteiger partial charge in [-0.05, 0) is 68.2 Å². The maximum absolute atomic E-state index is 11.7. The first-order chi connectivity index (χ1) is 18.2. The smallest absolute Gasteiger partial charge is 0.243 e. The van der Waals surface area contributed by atoms with E-state index in [1.54, 1.807) is 6.33 Å². The molecule has 1 amide bonds. The fourth-order valence-electron chi connectivity index (χ4n) is 4.94. The van der Waals surface area contributed by atoms with Gasteiger partial charge in [-0.2, -0.15) is 5.10 Å². The van der Waals surface area contributed by atoms with Gasteiger partial charge >= 0.3 is 0 Å². The van der Waals surface area contributed by atoms with Crippen molar-refractivity contribution in [2.45, 2.75) is 37.8 Å². The number of nitrogens with zero attached hydrogens (tertiary/aromatic N) is 4. The summed E-state index contributed by atoms with van der Waals surface area (Å²) in [7, 11) is 0. The van der Waals surface area contributed by atoms with Crippen LogP contribution in [0.15, 0.2) is 79.8 Å². The van der Waals surface area contributed by atoms with E-state index in [1.165, 1.54) is 6.08 Å². The number of carbonyl (C=O) groups excluding carboxylic acids is 1. The molecule has 1 saturated carbocycles. The van der Waals surface area contributed by atoms with Gasteiger partial charge in [-0.25, -0.2) is 14.6 Å². The molecule has 1 fully saturated rings. The number of rotatable bonds is 7. The quantitative estimate of drug-likeness (QED) is 0.254. The summed E-state index contributed by atoms with van der Waals surface area (Å²) < 4.78 is 7.94. The van der Waals surface area contributed by atoms with Crippen molar-refractivity contribution >= 4 is 39.5 Å². The van der Waals surface area contributed by atoms with Crippen LogP contribution in [0.5, 0.6) is 11.5 Å². The number of carbonyl (C=O) groups is 1. The van der Waals surface area contributed by atoms with Gasteiger partial charge in [0.2, 0.25) is 5.91 Å². The average Bonchev–Trinajstić information content (AvgIpc) is 3.38. The Hall–Kier alpha value is -4.66. The monoisotopic (exact) mass is 493 g/mol. The number of amides is 1. The predicted octanol–water partition coefficient (Wildman–Crippen LogP) is 5.63. The van der Waals surface area contributed by atoms with E-state index in [9.17, 15) is 4.79 Å². The number of ether oxygens (including phenoxy) is 1. The molecular formula is C28H27N7O2. The maximum atomic E-state index is 11.7. The van der Waals surface area contributed by atoms with Gasteiger partial charge in [-0.1, -0.05) is 24.8 Å². The van der Waals surface area contributed by atoms with Gasteiger partial charge < -0.3 is 20.4 Å². The zero-order valence-electron chi connectivity index (χ0n) is 20.2. The van der Waals surface area contributed by atoms with E-state index in [-0.39, 0.29) is 18.0 Å². The van der Waals surface area contributed by atoms with Crippen LogP contribution in [0.4, 0.5) is 11.5 Å². The molecule has 3 heterocycles. The number of hydrogen-bond acceptors (Lipinski definition) is 6. The molecule has 1 aliphatic rings. The van der Waals surface area contributed by atoms with Crippen molar-refractivity contribution in [3.8, 4) is 11.5 Å². The normalized spacial score (nSPS) is 17.5. The second kappa shape index (κ2) is 9.77. The lowest BCUT2D eigenvalue weighted by Gasteiger charge is -2.30. The first kappa shape index (κ1) is 22.8. The van der Waals surface area contributed by atoms with Crippen molar-refractivity contribution in [1.82, 2.24) is 30.0 Å². The number of H-pyrrole nitrogens is 1. The van der Waals surface area contributed by atoms with E-state index >= 15 is 0 Å². The van der Waals surface area contributed by atoms with Crippen LogP contribution in [0.3, 0.4) is 0 Å². The molecule has 6 rings (SSSR count). The Labute approximate surface area is 213 Å². The number of benzene rings is 2. The summed E-state index contributed by atoms with van der Waals surface area (Å²) in [5.74, 6) is 2.14. The van der Waals surface area contributed by atoms with E-state index in [2.05, 4.69) is 32.2 Å². The van der Waals surface area contributed by atoms with Crippen molar-refractivity contribution in [2.75, 3.05) is 5.32 Å². The van der Waals surface area contributed by atoms with E-state index in [0.717, 1.165) is 70.8 Å². The lowest BCUT2D eigenvalue weighted by Crippen LogP contribution is -2.37. The summed E-state index contributed by atoms with van der Waals surface area (Å²) in [5.41, 5.74) is 2.47. The predicted molar refractivity (Wildman–Crippen MR) is 143 cm³/mol. The fourth-order valence-corrected chi connectivity index (χ4v) is 4.94. The van der Waals surface area contributed by atoms with E-state index < -0.39 is 0 Å². The summed E-state index contributed by atoms with van der Waals surface area (Å²) in [6, 6.07) is 17.8. The number of aromatic amines is 1. The SMILES string of the molecule is C=CC(=O)NC1CCC(n2nc(Nc3ccc(Oc4ccccc4)cc3)c3cnc4[nH]cnc2c43)CC1. The minimum absolute atomic E-state index is 0.124. The molecule has 1 aliphatic carbocycles. The summed E-state index contributed by atoms with van der Waals surface area (Å²) in [6.45, 7) is 3.55. The van der Waals surface area contributed by atoms with Gasteiger partial charge in [0, 0.05) is 17.9 Å². The van der Waals surface area contributed by atoms with Crippen LogP contribution >= 0.6 is 0 Å². The van der Waals surface area contributed by atoms with Crippen molar-refractivity contribution < 1.29 is 9.53 Å². The van der Waals surface area contributed by atoms with E-state index in [4.69, 9.17) is 9.84 Å². The number of para-hydroxylation sites is 1. The topological polar surface area (TPSA) is 110 Å². The third-order valence-electron chi connectivity index (χ3n) is 6.79. The molecule has 0 atom stereocenters. The number of aromatic nitrogens is 5. The zero-order valence-corrected chi connectivity index (χ0v) is 20.2. The lowest BCUT2D eigenvalue weighted by molar-refractivity contribution is -0.117. The molecule has 0 radical (unpaired) electrons. The molecule has 2 aromatic carbocycles. The molecule has 9 heteroatoms. The van der Waals surface area contributed by atoms with Crippen LogP contribution < -0.4 is 15.4 Å². The molecule has 9 nitrogen and oxygen atoms in total. The Morgan fingerprint density at radius 1 is 1.03 bits per heavy atom. The molecule has 3 N–H and O–H groups in total. The Morgan fingerprint density at radius 3 is 2.54 bits per heavy atom. The summed E-state index contributed by atoms with van der Waals surface area (Å²) in [5, 5.41) is 13.4. The van der Waals surface area contributed by atoms with Gasteiger partial charge in [0.15, 0.2) is 11.5 Å². The maximum Gasteiger partial charge on any atom is 0.243 e. The molecule has 3 aromatic heterocycles. The number of nitrogens with one attached hydrogen (secondary N) is 3. The van der Waals surface area contributed by atoms with Crippen LogP contribution in [0.2, 0.25) is 0 Å². The third-order valence-corrected chi connectivity index (χ3v) is 6.79. The molecule has 186 valence electrons. The first-order valence-corrected chi connectivity index (χ1v) is 12.4. The minimum Gasteiger partial charge on any atom is -0.457 e. The Bertz CT molecular complexity index is 1550. The highest BCUT2D eigenvalue weighted by atomic mass is 16.5. The molecule has 0 spiro atoms. The lowest BCUT2D eigenvalue weighted by atomic mass is 9.91. The summed E-state index contributed by atoms with van der Waals surface area (Å²) in [6.07, 6.45) is 8.32. The largest absolute Gasteiger partial charge is 0.457 e.